The molecule has 0 saturated heterocycles. The third kappa shape index (κ3) is 7.42. The molecule has 4 nitrogen and oxygen atoms in total. The molecule has 0 saturated carbocycles. The number of Topliss-reactive ketones (excluding diaryl/α,β-unsaturated/α-hetero) is 1. The number of hydrogen-bond acceptors (Lipinski definition) is 4. The molecule has 1 aliphatic rings. The number of aliphatic hydroxyl groups is 1. The Morgan fingerprint density at radius 2 is 1.96 bits per heavy atom. The molecule has 0 aliphatic heterocycles. The van der Waals surface area contributed by atoms with E-state index in [-0.39, 0.29) is 11.8 Å². The van der Waals surface area contributed by atoms with Crippen molar-refractivity contribution in [2.75, 3.05) is 7.11 Å². The molecule has 0 heterocycles. The monoisotopic (exact) mass is 424 g/mol. The summed E-state index contributed by atoms with van der Waals surface area (Å²) in [7, 11) is 1.37. The van der Waals surface area contributed by atoms with Gasteiger partial charge in [0.1, 0.15) is 5.60 Å². The van der Waals surface area contributed by atoms with Crippen LogP contribution in [0.2, 0.25) is 0 Å². The third-order valence-corrected chi connectivity index (χ3v) is 4.83. The zero-order chi connectivity index (χ0) is 19.4. The molecule has 0 aromatic heterocycles. The first kappa shape index (κ1) is 22.6. The first-order chi connectivity index (χ1) is 12.4. The van der Waals surface area contributed by atoms with Gasteiger partial charge in [0.15, 0.2) is 5.78 Å². The molecular formula is C21H29BrO4. The highest BCUT2D eigenvalue weighted by atomic mass is 79.9. The lowest BCUT2D eigenvalue weighted by Gasteiger charge is -2.20. The number of methoxy groups -OCH3 is 1. The summed E-state index contributed by atoms with van der Waals surface area (Å²) in [6, 6.07) is 0. The van der Waals surface area contributed by atoms with Gasteiger partial charge in [-0.2, -0.15) is 0 Å². The second-order valence-corrected chi connectivity index (χ2v) is 7.25. The summed E-state index contributed by atoms with van der Waals surface area (Å²) in [6.45, 7) is 2.17. The van der Waals surface area contributed by atoms with E-state index in [9.17, 15) is 14.7 Å². The topological polar surface area (TPSA) is 63.6 Å². The van der Waals surface area contributed by atoms with Crippen molar-refractivity contribution in [2.45, 2.75) is 63.9 Å². The van der Waals surface area contributed by atoms with E-state index in [1.807, 2.05) is 12.2 Å². The van der Waals surface area contributed by atoms with Crippen LogP contribution in [0.4, 0.5) is 0 Å². The van der Waals surface area contributed by atoms with Crippen molar-refractivity contribution in [1.29, 1.82) is 0 Å². The van der Waals surface area contributed by atoms with Crippen molar-refractivity contribution in [3.05, 3.63) is 46.5 Å². The van der Waals surface area contributed by atoms with Crippen molar-refractivity contribution < 1.29 is 19.4 Å². The van der Waals surface area contributed by atoms with Gasteiger partial charge in [0.2, 0.25) is 0 Å². The molecule has 0 spiro atoms. The molecule has 0 aromatic rings. The van der Waals surface area contributed by atoms with Crippen molar-refractivity contribution in [3.63, 3.8) is 0 Å². The van der Waals surface area contributed by atoms with Crippen LogP contribution in [0.3, 0.4) is 0 Å². The quantitative estimate of drug-likeness (QED) is 0.221. The fraction of sp³-hybridized carbons (Fsp3) is 0.524. The average molecular weight is 425 g/mol. The maximum atomic E-state index is 12.3. The minimum atomic E-state index is -1.27. The largest absolute Gasteiger partial charge is 0.469 e. The van der Waals surface area contributed by atoms with E-state index < -0.39 is 5.60 Å². The Morgan fingerprint density at radius 1 is 1.23 bits per heavy atom. The summed E-state index contributed by atoms with van der Waals surface area (Å²) in [4.78, 5) is 23.3. The summed E-state index contributed by atoms with van der Waals surface area (Å²) in [5.41, 5.74) is -0.903. The van der Waals surface area contributed by atoms with Gasteiger partial charge in [-0.1, -0.05) is 50.1 Å². The number of unbranched alkanes of at least 4 members (excludes halogenated alkanes) is 4. The van der Waals surface area contributed by atoms with Gasteiger partial charge >= 0.3 is 5.97 Å². The van der Waals surface area contributed by atoms with Gasteiger partial charge in [0, 0.05) is 18.4 Å². The van der Waals surface area contributed by atoms with Crippen molar-refractivity contribution >= 4 is 27.7 Å². The van der Waals surface area contributed by atoms with Crippen LogP contribution < -0.4 is 0 Å². The second kappa shape index (κ2) is 12.0. The minimum Gasteiger partial charge on any atom is -0.469 e. The molecule has 0 fully saturated rings. The number of carbonyl (C=O) groups excluding carboxylic acids is 2. The lowest BCUT2D eigenvalue weighted by molar-refractivity contribution is -0.140. The first-order valence-corrected chi connectivity index (χ1v) is 9.98. The first-order valence-electron chi connectivity index (χ1n) is 9.19. The van der Waals surface area contributed by atoms with Gasteiger partial charge in [-0.05, 0) is 47.7 Å². The lowest BCUT2D eigenvalue weighted by Crippen LogP contribution is -2.27. The van der Waals surface area contributed by atoms with Crippen LogP contribution >= 0.6 is 15.9 Å². The van der Waals surface area contributed by atoms with Crippen molar-refractivity contribution in [2.24, 2.45) is 0 Å². The fourth-order valence-electron chi connectivity index (χ4n) is 2.69. The number of allylic oxidation sites excluding steroid dienone is 5. The van der Waals surface area contributed by atoms with E-state index >= 15 is 0 Å². The molecule has 1 aliphatic carbocycles. The average Bonchev–Trinajstić information content (AvgIpc) is 2.83. The highest BCUT2D eigenvalue weighted by Crippen LogP contribution is 2.36. The highest BCUT2D eigenvalue weighted by molar-refractivity contribution is 9.12. The summed E-state index contributed by atoms with van der Waals surface area (Å²) in [5, 5.41) is 10.9. The Kier molecular flexibility index (Phi) is 10.4. The van der Waals surface area contributed by atoms with E-state index in [1.165, 1.54) is 20.0 Å². The van der Waals surface area contributed by atoms with Crippen LogP contribution in [0.5, 0.6) is 0 Å². The summed E-state index contributed by atoms with van der Waals surface area (Å²) in [6.07, 6.45) is 17.5. The Balaban J connectivity index is 2.62. The Labute approximate surface area is 164 Å². The van der Waals surface area contributed by atoms with Gasteiger partial charge in [-0.15, -0.1) is 0 Å². The molecule has 1 atom stereocenters. The van der Waals surface area contributed by atoms with Gasteiger partial charge in [0.05, 0.1) is 11.6 Å². The Morgan fingerprint density at radius 3 is 2.65 bits per heavy atom. The minimum absolute atomic E-state index is 0.189. The van der Waals surface area contributed by atoms with Crippen LogP contribution in [-0.4, -0.2) is 29.6 Å². The normalized spacial score (nSPS) is 21.9. The van der Waals surface area contributed by atoms with E-state index in [0.717, 1.165) is 12.8 Å². The maximum absolute atomic E-state index is 12.3. The zero-order valence-electron chi connectivity index (χ0n) is 15.7. The molecule has 144 valence electrons. The van der Waals surface area contributed by atoms with E-state index in [4.69, 9.17) is 0 Å². The second-order valence-electron chi connectivity index (χ2n) is 6.39. The third-order valence-electron chi connectivity index (χ3n) is 4.24. The number of carbonyl (C=O) groups is 2. The number of halogens is 1. The molecule has 5 heteroatoms. The predicted molar refractivity (Wildman–Crippen MR) is 108 cm³/mol. The summed E-state index contributed by atoms with van der Waals surface area (Å²) < 4.78 is 4.98. The van der Waals surface area contributed by atoms with Crippen molar-refractivity contribution in [3.8, 4) is 0 Å². The molecule has 1 rings (SSSR count). The van der Waals surface area contributed by atoms with E-state index in [1.54, 1.807) is 18.2 Å². The maximum Gasteiger partial charge on any atom is 0.305 e. The van der Waals surface area contributed by atoms with Gasteiger partial charge in [-0.25, -0.2) is 0 Å². The van der Waals surface area contributed by atoms with Gasteiger partial charge in [-0.3, -0.25) is 9.59 Å². The van der Waals surface area contributed by atoms with Crippen LogP contribution in [0, 0.1) is 0 Å². The molecular weight excluding hydrogens is 396 g/mol. The summed E-state index contributed by atoms with van der Waals surface area (Å²) >= 11 is 3.23. The number of rotatable bonds is 11. The molecule has 1 N–H and O–H groups in total. The van der Waals surface area contributed by atoms with Gasteiger partial charge in [0.25, 0.3) is 0 Å². The van der Waals surface area contributed by atoms with Gasteiger partial charge < -0.3 is 9.84 Å². The Hall–Kier alpha value is -1.46. The van der Waals surface area contributed by atoms with Crippen LogP contribution in [0.15, 0.2) is 46.5 Å². The number of ether oxygens (including phenoxy) is 1. The van der Waals surface area contributed by atoms with E-state index in [2.05, 4.69) is 33.7 Å². The molecule has 0 bridgehead atoms. The molecule has 0 radical (unpaired) electrons. The molecule has 0 amide bonds. The summed E-state index contributed by atoms with van der Waals surface area (Å²) in [5.74, 6) is -0.415. The number of hydrogen-bond donors (Lipinski definition) is 1. The lowest BCUT2D eigenvalue weighted by atomic mass is 9.92. The fourth-order valence-corrected chi connectivity index (χ4v) is 3.28. The molecule has 26 heavy (non-hydrogen) atoms. The standard InChI is InChI=1S/C21H29BrO4/c1-3-4-5-6-9-12-15-21(25)16-18(22)20(24)17(21)13-10-7-8-11-14-19(23)26-2/h7,9-10,12-13,16,25H,3-6,8,11,14-15H2,1-2H3/b10-7+,12-9?,17-13?/t21-/m1/s1. The van der Waals surface area contributed by atoms with Crippen LogP contribution in [0.1, 0.15) is 58.3 Å². The Bertz CT molecular complexity index is 601. The molecule has 0 unspecified atom stereocenters. The van der Waals surface area contributed by atoms with Crippen LogP contribution in [0.25, 0.3) is 0 Å². The van der Waals surface area contributed by atoms with Crippen LogP contribution in [-0.2, 0) is 14.3 Å². The number of ketones is 1. The molecule has 0 aromatic carbocycles. The SMILES string of the molecule is CCCCCC=CC[C@@]1(O)C=C(Br)C(=O)C1=C/C=C/CCCC(=O)OC. The van der Waals surface area contributed by atoms with Crippen molar-refractivity contribution in [1.82, 2.24) is 0 Å². The highest BCUT2D eigenvalue weighted by Gasteiger charge is 2.39. The number of esters is 1. The predicted octanol–water partition coefficient (Wildman–Crippen LogP) is 4.93. The van der Waals surface area contributed by atoms with E-state index in [0.29, 0.717) is 35.7 Å². The smallest absolute Gasteiger partial charge is 0.305 e. The zero-order valence-corrected chi connectivity index (χ0v) is 17.3.